The van der Waals surface area contributed by atoms with Crippen molar-refractivity contribution in [2.75, 3.05) is 19.0 Å². The number of nitrogens with one attached hydrogen (secondary N) is 2. The van der Waals surface area contributed by atoms with Crippen LogP contribution in [0, 0.1) is 0 Å². The van der Waals surface area contributed by atoms with E-state index in [0.29, 0.717) is 0 Å². The molecule has 2 N–H and O–H groups in total. The number of hydrogen-bond donors (Lipinski definition) is 2. The van der Waals surface area contributed by atoms with Crippen LogP contribution in [0.4, 0.5) is 5.69 Å². The minimum absolute atomic E-state index is 0.0929. The van der Waals surface area contributed by atoms with Gasteiger partial charge in [-0.05, 0) is 12.1 Å². The molecule has 0 aliphatic rings. The lowest BCUT2D eigenvalue weighted by molar-refractivity contribution is 0.0938. The van der Waals surface area contributed by atoms with Gasteiger partial charge in [0.25, 0.3) is 11.8 Å². The Kier molecular flexibility index (Phi) is 3.61. The van der Waals surface area contributed by atoms with Crippen LogP contribution in [0.2, 0.25) is 0 Å². The summed E-state index contributed by atoms with van der Waals surface area (Å²) in [5, 5.41) is 8.79. The van der Waals surface area contributed by atoms with Crippen molar-refractivity contribution in [1.29, 1.82) is 0 Å². The highest BCUT2D eigenvalue weighted by molar-refractivity contribution is 6.12. The topological polar surface area (TPSA) is 78.1 Å². The second-order valence-electron chi connectivity index (χ2n) is 3.93. The van der Waals surface area contributed by atoms with Gasteiger partial charge in [0.15, 0.2) is 5.69 Å². The Morgan fingerprint density at radius 2 is 1.95 bits per heavy atom. The first-order chi connectivity index (χ1) is 9.15. The van der Waals surface area contributed by atoms with Crippen LogP contribution in [0.3, 0.4) is 0 Å². The van der Waals surface area contributed by atoms with E-state index < -0.39 is 5.91 Å². The number of benzene rings is 1. The fraction of sp³-hybridized carbons (Fsp3) is 0.154. The first kappa shape index (κ1) is 12.8. The molecule has 0 bridgehead atoms. The highest BCUT2D eigenvalue weighted by Gasteiger charge is 2.22. The van der Waals surface area contributed by atoms with Crippen molar-refractivity contribution in [1.82, 2.24) is 15.5 Å². The van der Waals surface area contributed by atoms with Gasteiger partial charge < -0.3 is 10.2 Å². The lowest BCUT2D eigenvalue weighted by Gasteiger charge is -2.16. The van der Waals surface area contributed by atoms with Crippen LogP contribution in [-0.2, 0) is 0 Å². The molecular formula is C13H14N4O2. The van der Waals surface area contributed by atoms with Gasteiger partial charge >= 0.3 is 0 Å². The Labute approximate surface area is 110 Å². The van der Waals surface area contributed by atoms with E-state index in [2.05, 4.69) is 15.5 Å². The van der Waals surface area contributed by atoms with Crippen molar-refractivity contribution in [3.63, 3.8) is 0 Å². The highest BCUT2D eigenvalue weighted by Crippen LogP contribution is 2.16. The number of H-pyrrole nitrogens is 1. The average Bonchev–Trinajstić information content (AvgIpc) is 2.95. The molecule has 0 aliphatic heterocycles. The van der Waals surface area contributed by atoms with Crippen LogP contribution in [0.15, 0.2) is 36.5 Å². The van der Waals surface area contributed by atoms with Gasteiger partial charge in [0.1, 0.15) is 0 Å². The summed E-state index contributed by atoms with van der Waals surface area (Å²) in [5.74, 6) is -0.690. The van der Waals surface area contributed by atoms with Crippen LogP contribution in [0.5, 0.6) is 0 Å². The first-order valence-corrected chi connectivity index (χ1v) is 5.74. The Morgan fingerprint density at radius 1 is 1.26 bits per heavy atom. The molecule has 2 amide bonds. The van der Waals surface area contributed by atoms with Crippen molar-refractivity contribution in [3.8, 4) is 0 Å². The maximum atomic E-state index is 12.3. The van der Waals surface area contributed by atoms with Crippen molar-refractivity contribution in [3.05, 3.63) is 47.8 Å². The van der Waals surface area contributed by atoms with Gasteiger partial charge in [-0.3, -0.25) is 14.7 Å². The summed E-state index contributed by atoms with van der Waals surface area (Å²) in [6, 6.07) is 9.19. The number of rotatable bonds is 3. The average molecular weight is 258 g/mol. The second-order valence-corrected chi connectivity index (χ2v) is 3.93. The van der Waals surface area contributed by atoms with Gasteiger partial charge in [-0.1, -0.05) is 18.2 Å². The summed E-state index contributed by atoms with van der Waals surface area (Å²) in [6.07, 6.45) is 1.42. The van der Waals surface area contributed by atoms with Crippen molar-refractivity contribution < 1.29 is 9.59 Å². The molecule has 0 atom stereocenters. The minimum atomic E-state index is -0.397. The van der Waals surface area contributed by atoms with Crippen molar-refractivity contribution in [2.24, 2.45) is 0 Å². The lowest BCUT2D eigenvalue weighted by Crippen LogP contribution is -2.29. The van der Waals surface area contributed by atoms with Crippen molar-refractivity contribution in [2.45, 2.75) is 0 Å². The lowest BCUT2D eigenvalue weighted by atomic mass is 10.2. The molecule has 1 aromatic carbocycles. The second kappa shape index (κ2) is 5.34. The highest BCUT2D eigenvalue weighted by atomic mass is 16.2. The van der Waals surface area contributed by atoms with Gasteiger partial charge in [-0.15, -0.1) is 0 Å². The molecule has 6 heteroatoms. The van der Waals surface area contributed by atoms with Crippen LogP contribution in [0.25, 0.3) is 0 Å². The summed E-state index contributed by atoms with van der Waals surface area (Å²) in [6.45, 7) is 0. The molecule has 98 valence electrons. The van der Waals surface area contributed by atoms with Gasteiger partial charge in [0, 0.05) is 26.0 Å². The van der Waals surface area contributed by atoms with E-state index in [0.717, 1.165) is 5.69 Å². The van der Waals surface area contributed by atoms with E-state index in [1.807, 2.05) is 30.3 Å². The number of anilines is 1. The Balaban J connectivity index is 2.30. The van der Waals surface area contributed by atoms with Gasteiger partial charge in [0.05, 0.1) is 5.56 Å². The maximum absolute atomic E-state index is 12.3. The standard InChI is InChI=1S/C13H14N4O2/c1-14-12(18)11-10(8-15-16-11)13(19)17(2)9-6-4-3-5-7-9/h3-8H,1-2H3,(H,14,18)(H,15,16). The molecule has 2 aromatic rings. The van der Waals surface area contributed by atoms with E-state index in [-0.39, 0.29) is 17.2 Å². The molecule has 19 heavy (non-hydrogen) atoms. The Hall–Kier alpha value is -2.63. The van der Waals surface area contributed by atoms with Gasteiger partial charge in [0.2, 0.25) is 0 Å². The zero-order valence-corrected chi connectivity index (χ0v) is 10.7. The molecule has 0 saturated heterocycles. The molecule has 0 saturated carbocycles. The fourth-order valence-electron chi connectivity index (χ4n) is 1.69. The Morgan fingerprint density at radius 3 is 2.58 bits per heavy atom. The van der Waals surface area contributed by atoms with Crippen LogP contribution in [-0.4, -0.2) is 36.1 Å². The fourth-order valence-corrected chi connectivity index (χ4v) is 1.69. The predicted octanol–water partition coefficient (Wildman–Crippen LogP) is 1.05. The van der Waals surface area contributed by atoms with E-state index in [4.69, 9.17) is 0 Å². The van der Waals surface area contributed by atoms with E-state index in [1.165, 1.54) is 18.1 Å². The van der Waals surface area contributed by atoms with E-state index in [1.54, 1.807) is 7.05 Å². The number of nitrogens with zero attached hydrogens (tertiary/aromatic N) is 2. The molecule has 1 heterocycles. The summed E-state index contributed by atoms with van der Waals surface area (Å²) < 4.78 is 0. The summed E-state index contributed by atoms with van der Waals surface area (Å²) in [5.41, 5.74) is 1.08. The van der Waals surface area contributed by atoms with E-state index >= 15 is 0 Å². The van der Waals surface area contributed by atoms with Crippen LogP contribution in [0.1, 0.15) is 20.8 Å². The third kappa shape index (κ3) is 2.47. The predicted molar refractivity (Wildman–Crippen MR) is 71.2 cm³/mol. The van der Waals surface area contributed by atoms with Gasteiger partial charge in [-0.25, -0.2) is 0 Å². The molecule has 0 spiro atoms. The minimum Gasteiger partial charge on any atom is -0.354 e. The first-order valence-electron chi connectivity index (χ1n) is 5.74. The molecule has 1 aromatic heterocycles. The van der Waals surface area contributed by atoms with Crippen LogP contribution >= 0.6 is 0 Å². The summed E-state index contributed by atoms with van der Waals surface area (Å²) in [7, 11) is 3.14. The maximum Gasteiger partial charge on any atom is 0.272 e. The van der Waals surface area contributed by atoms with Gasteiger partial charge in [-0.2, -0.15) is 5.10 Å². The van der Waals surface area contributed by atoms with Crippen molar-refractivity contribution >= 4 is 17.5 Å². The summed E-state index contributed by atoms with van der Waals surface area (Å²) in [4.78, 5) is 25.4. The number of aromatic nitrogens is 2. The molecule has 0 fully saturated rings. The smallest absolute Gasteiger partial charge is 0.272 e. The number of carbonyl (C=O) groups excluding carboxylic acids is 2. The SMILES string of the molecule is CNC(=O)c1n[nH]cc1C(=O)N(C)c1ccccc1. The molecule has 0 radical (unpaired) electrons. The quantitative estimate of drug-likeness (QED) is 0.863. The largest absolute Gasteiger partial charge is 0.354 e. The zero-order valence-electron chi connectivity index (χ0n) is 10.7. The molecule has 0 aliphatic carbocycles. The number of para-hydroxylation sites is 1. The molecule has 2 rings (SSSR count). The third-order valence-electron chi connectivity index (χ3n) is 2.76. The zero-order chi connectivity index (χ0) is 13.8. The van der Waals surface area contributed by atoms with Crippen LogP contribution < -0.4 is 10.2 Å². The number of hydrogen-bond acceptors (Lipinski definition) is 3. The number of amides is 2. The summed E-state index contributed by atoms with van der Waals surface area (Å²) >= 11 is 0. The molecular weight excluding hydrogens is 244 g/mol. The Bertz CT molecular complexity index is 592. The normalized spacial score (nSPS) is 10.0. The number of carbonyl (C=O) groups is 2. The molecule has 6 nitrogen and oxygen atoms in total. The third-order valence-corrected chi connectivity index (χ3v) is 2.76. The number of aromatic amines is 1. The molecule has 0 unspecified atom stereocenters. The van der Waals surface area contributed by atoms with E-state index in [9.17, 15) is 9.59 Å². The monoisotopic (exact) mass is 258 g/mol.